The van der Waals surface area contributed by atoms with Gasteiger partial charge < -0.3 is 15.2 Å². The van der Waals surface area contributed by atoms with E-state index in [2.05, 4.69) is 37.7 Å². The molecule has 12 heavy (non-hydrogen) atoms. The quantitative estimate of drug-likeness (QED) is 0.440. The van der Waals surface area contributed by atoms with Gasteiger partial charge in [0, 0.05) is 0 Å². The Morgan fingerprint density at radius 1 is 1.33 bits per heavy atom. The van der Waals surface area contributed by atoms with Crippen LogP contribution in [0.1, 0.15) is 0 Å². The fourth-order valence-electron chi connectivity index (χ4n) is 0.355. The Morgan fingerprint density at radius 2 is 1.83 bits per heavy atom. The highest BCUT2D eigenvalue weighted by Gasteiger charge is 2.04. The van der Waals surface area contributed by atoms with Gasteiger partial charge >= 0.3 is 12.1 Å². The molecule has 0 rings (SSSR count). The predicted octanol–water partition coefficient (Wildman–Crippen LogP) is 0.533. The first-order valence-corrected chi connectivity index (χ1v) is 3.77. The number of hydrogen-bond acceptors (Lipinski definition) is 4. The minimum absolute atomic E-state index is 0.0353. The summed E-state index contributed by atoms with van der Waals surface area (Å²) >= 11 is 2.82. The summed E-state index contributed by atoms with van der Waals surface area (Å²) in [5.74, 6) is -0.594. The fraction of sp³-hybridized carbons (Fsp3) is 0.333. The van der Waals surface area contributed by atoms with Crippen LogP contribution in [0.5, 0.6) is 0 Å². The molecule has 0 saturated carbocycles. The molecule has 0 aliphatic carbocycles. The van der Waals surface area contributed by atoms with Gasteiger partial charge in [0.2, 0.25) is 0 Å². The average Bonchev–Trinajstić information content (AvgIpc) is 1.97. The molecule has 6 heteroatoms. The molecule has 0 saturated heterocycles. The van der Waals surface area contributed by atoms with Crippen molar-refractivity contribution in [3.63, 3.8) is 0 Å². The van der Waals surface area contributed by atoms with Crippen LogP contribution >= 0.6 is 15.9 Å². The van der Waals surface area contributed by atoms with Crippen LogP contribution in [0.15, 0.2) is 11.1 Å². The lowest BCUT2D eigenvalue weighted by molar-refractivity contribution is -0.139. The first-order valence-electron chi connectivity index (χ1n) is 2.98. The number of rotatable bonds is 4. The maximum atomic E-state index is 10.6. The lowest BCUT2D eigenvalue weighted by Gasteiger charge is -2.02. The number of halogens is 1. The van der Waals surface area contributed by atoms with E-state index in [0.29, 0.717) is 0 Å². The SMILES string of the molecule is C=C(Br)C(=O)OCCOC(N)=O. The average molecular weight is 238 g/mol. The van der Waals surface area contributed by atoms with Gasteiger partial charge in [-0.2, -0.15) is 0 Å². The van der Waals surface area contributed by atoms with Crippen molar-refractivity contribution < 1.29 is 19.1 Å². The number of esters is 1. The fourth-order valence-corrected chi connectivity index (χ4v) is 0.469. The van der Waals surface area contributed by atoms with E-state index in [4.69, 9.17) is 0 Å². The number of nitrogens with two attached hydrogens (primary N) is 1. The normalized spacial score (nSPS) is 8.75. The molecule has 0 aliphatic heterocycles. The van der Waals surface area contributed by atoms with Crippen LogP contribution in [-0.4, -0.2) is 25.3 Å². The number of carbonyl (C=O) groups is 2. The first-order chi connectivity index (χ1) is 5.54. The van der Waals surface area contributed by atoms with E-state index in [1.54, 1.807) is 0 Å². The number of carbonyl (C=O) groups excluding carboxylic acids is 2. The van der Waals surface area contributed by atoms with Crippen LogP contribution in [0.4, 0.5) is 4.79 Å². The summed E-state index contributed by atoms with van der Waals surface area (Å²) in [6, 6.07) is 0. The molecule has 5 nitrogen and oxygen atoms in total. The number of ether oxygens (including phenoxy) is 2. The van der Waals surface area contributed by atoms with Gasteiger partial charge in [-0.05, 0) is 15.9 Å². The molecule has 0 atom stereocenters. The zero-order valence-corrected chi connectivity index (χ0v) is 7.80. The predicted molar refractivity (Wildman–Crippen MR) is 44.6 cm³/mol. The summed E-state index contributed by atoms with van der Waals surface area (Å²) in [6.07, 6.45) is -0.899. The minimum atomic E-state index is -0.899. The number of hydrogen-bond donors (Lipinski definition) is 1. The molecule has 1 amide bonds. The molecule has 0 aromatic carbocycles. The minimum Gasteiger partial charge on any atom is -0.458 e. The van der Waals surface area contributed by atoms with Crippen LogP contribution in [-0.2, 0) is 14.3 Å². The van der Waals surface area contributed by atoms with Gasteiger partial charge in [0.15, 0.2) is 0 Å². The Bertz CT molecular complexity index is 204. The number of amides is 1. The third kappa shape index (κ3) is 5.72. The second-order valence-corrected chi connectivity index (χ2v) is 2.67. The van der Waals surface area contributed by atoms with E-state index in [-0.39, 0.29) is 17.7 Å². The van der Waals surface area contributed by atoms with Crippen molar-refractivity contribution in [2.75, 3.05) is 13.2 Å². The molecule has 0 heterocycles. The van der Waals surface area contributed by atoms with Crippen molar-refractivity contribution in [1.82, 2.24) is 0 Å². The van der Waals surface area contributed by atoms with Crippen molar-refractivity contribution in [3.8, 4) is 0 Å². The molecule has 0 bridgehead atoms. The molecule has 2 N–H and O–H groups in total. The van der Waals surface area contributed by atoms with Gasteiger partial charge in [0.25, 0.3) is 0 Å². The summed E-state index contributed by atoms with van der Waals surface area (Å²) < 4.78 is 8.94. The highest BCUT2D eigenvalue weighted by molar-refractivity contribution is 9.12. The van der Waals surface area contributed by atoms with Crippen LogP contribution in [0, 0.1) is 0 Å². The highest BCUT2D eigenvalue weighted by Crippen LogP contribution is 2.02. The van der Waals surface area contributed by atoms with Crippen molar-refractivity contribution in [2.24, 2.45) is 5.73 Å². The van der Waals surface area contributed by atoms with E-state index in [0.717, 1.165) is 0 Å². The molecule has 0 aromatic rings. The maximum absolute atomic E-state index is 10.6. The van der Waals surface area contributed by atoms with Gasteiger partial charge in [0.05, 0.1) is 4.48 Å². The summed E-state index contributed by atoms with van der Waals surface area (Å²) in [4.78, 5) is 20.7. The highest BCUT2D eigenvalue weighted by atomic mass is 79.9. The van der Waals surface area contributed by atoms with Gasteiger partial charge in [0.1, 0.15) is 13.2 Å². The maximum Gasteiger partial charge on any atom is 0.404 e. The molecule has 68 valence electrons. The Kier molecular flexibility index (Phi) is 5.11. The molecule has 0 spiro atoms. The van der Waals surface area contributed by atoms with Gasteiger partial charge in [-0.15, -0.1) is 0 Å². The Morgan fingerprint density at radius 3 is 2.25 bits per heavy atom. The summed E-state index contributed by atoms with van der Waals surface area (Å²) in [7, 11) is 0. The van der Waals surface area contributed by atoms with Crippen LogP contribution in [0.2, 0.25) is 0 Å². The van der Waals surface area contributed by atoms with Gasteiger partial charge in [-0.25, -0.2) is 9.59 Å². The van der Waals surface area contributed by atoms with E-state index in [1.807, 2.05) is 0 Å². The topological polar surface area (TPSA) is 78.6 Å². The Balaban J connectivity index is 3.38. The first kappa shape index (κ1) is 11.0. The second kappa shape index (κ2) is 5.59. The van der Waals surface area contributed by atoms with E-state index in [1.165, 1.54) is 0 Å². The monoisotopic (exact) mass is 237 g/mol. The molecule has 0 aliphatic rings. The smallest absolute Gasteiger partial charge is 0.404 e. The molecule has 0 unspecified atom stereocenters. The van der Waals surface area contributed by atoms with Crippen molar-refractivity contribution in [2.45, 2.75) is 0 Å². The zero-order valence-electron chi connectivity index (χ0n) is 6.21. The molecular weight excluding hydrogens is 230 g/mol. The Hall–Kier alpha value is -1.04. The van der Waals surface area contributed by atoms with E-state index in [9.17, 15) is 9.59 Å². The van der Waals surface area contributed by atoms with Gasteiger partial charge in [-0.1, -0.05) is 6.58 Å². The molecule has 0 aromatic heterocycles. The van der Waals surface area contributed by atoms with E-state index >= 15 is 0 Å². The van der Waals surface area contributed by atoms with Crippen LogP contribution < -0.4 is 5.73 Å². The van der Waals surface area contributed by atoms with Crippen LogP contribution in [0.3, 0.4) is 0 Å². The second-order valence-electron chi connectivity index (χ2n) is 1.71. The zero-order chi connectivity index (χ0) is 9.56. The summed E-state index contributed by atoms with van der Waals surface area (Å²) in [5.41, 5.74) is 4.64. The molecule has 0 radical (unpaired) electrons. The van der Waals surface area contributed by atoms with Crippen molar-refractivity contribution >= 4 is 28.0 Å². The summed E-state index contributed by atoms with van der Waals surface area (Å²) in [5, 5.41) is 0. The third-order valence-corrected chi connectivity index (χ3v) is 1.11. The van der Waals surface area contributed by atoms with Gasteiger partial charge in [-0.3, -0.25) is 0 Å². The van der Waals surface area contributed by atoms with Crippen molar-refractivity contribution in [3.05, 3.63) is 11.1 Å². The molecular formula is C6H8BrNO4. The number of primary amides is 1. The standard InChI is InChI=1S/C6H8BrNO4/c1-4(7)5(9)11-2-3-12-6(8)10/h1-3H2,(H2,8,10). The molecule has 0 fully saturated rings. The van der Waals surface area contributed by atoms with Crippen molar-refractivity contribution in [1.29, 1.82) is 0 Å². The Labute approximate surface area is 77.6 Å². The summed E-state index contributed by atoms with van der Waals surface area (Å²) in [6.45, 7) is 3.19. The lowest BCUT2D eigenvalue weighted by atomic mass is 10.6. The largest absolute Gasteiger partial charge is 0.458 e. The van der Waals surface area contributed by atoms with E-state index < -0.39 is 12.1 Å². The lowest BCUT2D eigenvalue weighted by Crippen LogP contribution is -2.17. The van der Waals surface area contributed by atoms with Crippen LogP contribution in [0.25, 0.3) is 0 Å². The third-order valence-electron chi connectivity index (χ3n) is 0.782.